The Labute approximate surface area is 233 Å². The van der Waals surface area contributed by atoms with E-state index in [1.54, 1.807) is 13.1 Å². The summed E-state index contributed by atoms with van der Waals surface area (Å²) in [5.74, 6) is 0.0692. The number of fused-ring (bicyclic) bond motifs is 1. The van der Waals surface area contributed by atoms with E-state index in [2.05, 4.69) is 21.6 Å². The number of nitrogens with one attached hydrogen (secondary N) is 1. The van der Waals surface area contributed by atoms with Crippen molar-refractivity contribution in [2.75, 3.05) is 19.1 Å². The van der Waals surface area contributed by atoms with E-state index in [4.69, 9.17) is 4.74 Å². The van der Waals surface area contributed by atoms with Crippen LogP contribution in [-0.4, -0.2) is 53.0 Å². The van der Waals surface area contributed by atoms with Crippen molar-refractivity contribution in [3.05, 3.63) is 24.2 Å². The Morgan fingerprint density at radius 3 is 2.08 bits per heavy atom. The van der Waals surface area contributed by atoms with E-state index >= 15 is 0 Å². The number of anilines is 1. The van der Waals surface area contributed by atoms with E-state index in [1.807, 2.05) is 4.57 Å². The quantitative estimate of drug-likeness (QED) is 0.125. The predicted molar refractivity (Wildman–Crippen MR) is 150 cm³/mol. The molecule has 0 fully saturated rings. The van der Waals surface area contributed by atoms with Crippen LogP contribution >= 0.6 is 0 Å². The second-order valence-electron chi connectivity index (χ2n) is 10.2. The summed E-state index contributed by atoms with van der Waals surface area (Å²) < 4.78 is 11.9. The van der Waals surface area contributed by atoms with Crippen LogP contribution in [0.2, 0.25) is 0 Å². The van der Waals surface area contributed by atoms with Crippen molar-refractivity contribution in [2.45, 2.75) is 122 Å². The summed E-state index contributed by atoms with van der Waals surface area (Å²) in [4.78, 5) is 41.8. The number of ether oxygens (including phenoxy) is 2. The number of aliphatic hydroxyl groups is 1. The number of imidazole rings is 1. The minimum atomic E-state index is -1.14. The minimum Gasteiger partial charge on any atom is -0.469 e. The van der Waals surface area contributed by atoms with Gasteiger partial charge in [-0.05, 0) is 19.3 Å². The molecule has 39 heavy (non-hydrogen) atoms. The number of allylic oxidation sites excluding steroid dienone is 1. The smallest absolute Gasteiger partial charge is 0.306 e. The molecule has 1 unspecified atom stereocenters. The maximum Gasteiger partial charge on any atom is 0.306 e. The van der Waals surface area contributed by atoms with Crippen LogP contribution in [0.1, 0.15) is 119 Å². The molecule has 2 rings (SSSR count). The number of methoxy groups -OCH3 is 1. The summed E-state index contributed by atoms with van der Waals surface area (Å²) in [5.41, 5.74) is 0.392. The molecule has 0 aliphatic carbocycles. The minimum absolute atomic E-state index is 0.0202. The molecular formula is C29H48N4O6. The fraction of sp³-hybridized carbons (Fsp3) is 0.724. The van der Waals surface area contributed by atoms with Crippen LogP contribution in [0.25, 0.3) is 0 Å². The van der Waals surface area contributed by atoms with Gasteiger partial charge in [-0.25, -0.2) is 4.98 Å². The summed E-state index contributed by atoms with van der Waals surface area (Å²) in [6.45, 7) is 4.19. The molecule has 0 saturated carbocycles. The lowest BCUT2D eigenvalue weighted by atomic mass is 10.0. The Kier molecular flexibility index (Phi) is 15.3. The molecule has 0 aromatic carbocycles. The summed E-state index contributed by atoms with van der Waals surface area (Å²) in [7, 11) is 3.10. The van der Waals surface area contributed by atoms with Gasteiger partial charge in [-0.15, -0.1) is 6.58 Å². The zero-order valence-corrected chi connectivity index (χ0v) is 23.9. The highest BCUT2D eigenvalue weighted by Gasteiger charge is 2.33. The van der Waals surface area contributed by atoms with Crippen LogP contribution in [0.15, 0.2) is 12.7 Å². The molecule has 0 bridgehead atoms. The molecule has 1 atom stereocenters. The first-order valence-corrected chi connectivity index (χ1v) is 14.5. The molecule has 1 aromatic heterocycles. The molecule has 1 aromatic rings. The number of carbonyl (C=O) groups excluding carboxylic acids is 3. The Morgan fingerprint density at radius 2 is 1.51 bits per heavy atom. The zero-order chi connectivity index (χ0) is 28.5. The SMILES string of the molecule is C=CCCC(=O)OCc1nc2c(n1CCCCCCCCCCCCCCCC(=O)OC)C(=O)NC(O)N2C. The number of aromatic nitrogens is 2. The maximum absolute atomic E-state index is 12.6. The van der Waals surface area contributed by atoms with Crippen molar-refractivity contribution >= 4 is 23.7 Å². The number of hydrogen-bond acceptors (Lipinski definition) is 8. The van der Waals surface area contributed by atoms with Crippen molar-refractivity contribution < 1.29 is 29.0 Å². The third-order valence-corrected chi connectivity index (χ3v) is 7.11. The summed E-state index contributed by atoms with van der Waals surface area (Å²) >= 11 is 0. The number of unbranched alkanes of at least 4 members (excludes halogenated alkanes) is 12. The highest BCUT2D eigenvalue weighted by Crippen LogP contribution is 2.26. The van der Waals surface area contributed by atoms with Crippen molar-refractivity contribution in [1.29, 1.82) is 0 Å². The average Bonchev–Trinajstić information content (AvgIpc) is 3.30. The summed E-state index contributed by atoms with van der Waals surface area (Å²) in [6.07, 6.45) is 16.8. The Balaban J connectivity index is 1.66. The van der Waals surface area contributed by atoms with Gasteiger partial charge in [0.1, 0.15) is 12.4 Å². The van der Waals surface area contributed by atoms with E-state index in [9.17, 15) is 19.5 Å². The number of nitrogens with zero attached hydrogens (tertiary/aromatic N) is 3. The first kappa shape index (κ1) is 32.3. The third-order valence-electron chi connectivity index (χ3n) is 7.11. The number of carbonyl (C=O) groups is 3. The van der Waals surface area contributed by atoms with Gasteiger partial charge < -0.3 is 29.4 Å². The molecule has 2 N–H and O–H groups in total. The fourth-order valence-corrected chi connectivity index (χ4v) is 4.73. The summed E-state index contributed by atoms with van der Waals surface area (Å²) in [6, 6.07) is 0. The Morgan fingerprint density at radius 1 is 0.949 bits per heavy atom. The monoisotopic (exact) mass is 548 g/mol. The van der Waals surface area contributed by atoms with E-state index in [0.717, 1.165) is 32.1 Å². The highest BCUT2D eigenvalue weighted by molar-refractivity contribution is 5.99. The number of esters is 2. The standard InChI is InChI=1S/C29H48N4O6/c1-4-5-19-25(35)39-22-23-30-27-26(28(36)31-29(37)32(27)2)33(23)21-18-16-14-12-10-8-6-7-9-11-13-15-17-20-24(34)38-3/h4,29,37H,1,5-22H2,2-3H3,(H,31,36). The van der Waals surface area contributed by atoms with Crippen LogP contribution in [0.5, 0.6) is 0 Å². The first-order valence-electron chi connectivity index (χ1n) is 14.5. The van der Waals surface area contributed by atoms with Crippen molar-refractivity contribution in [2.24, 2.45) is 0 Å². The lowest BCUT2D eigenvalue weighted by molar-refractivity contribution is -0.145. The molecule has 0 saturated heterocycles. The van der Waals surface area contributed by atoms with Crippen LogP contribution in [0.4, 0.5) is 5.82 Å². The third kappa shape index (κ3) is 11.4. The van der Waals surface area contributed by atoms with E-state index in [-0.39, 0.29) is 30.9 Å². The van der Waals surface area contributed by atoms with E-state index < -0.39 is 6.35 Å². The van der Waals surface area contributed by atoms with Gasteiger partial charge in [0.15, 0.2) is 11.5 Å². The van der Waals surface area contributed by atoms with Gasteiger partial charge >= 0.3 is 11.9 Å². The van der Waals surface area contributed by atoms with E-state index in [1.165, 1.54) is 63.4 Å². The van der Waals surface area contributed by atoms with E-state index in [0.29, 0.717) is 36.7 Å². The summed E-state index contributed by atoms with van der Waals surface area (Å²) in [5, 5.41) is 12.6. The van der Waals surface area contributed by atoms with Crippen molar-refractivity contribution in [3.63, 3.8) is 0 Å². The van der Waals surface area contributed by atoms with Crippen LogP contribution < -0.4 is 10.2 Å². The number of aliphatic hydroxyl groups excluding tert-OH is 1. The number of hydrogen-bond donors (Lipinski definition) is 2. The lowest BCUT2D eigenvalue weighted by Crippen LogP contribution is -2.51. The van der Waals surface area contributed by atoms with Gasteiger partial charge in [-0.2, -0.15) is 0 Å². The van der Waals surface area contributed by atoms with Gasteiger partial charge in [-0.3, -0.25) is 14.4 Å². The number of rotatable bonds is 21. The van der Waals surface area contributed by atoms with Gasteiger partial charge in [0.25, 0.3) is 5.91 Å². The molecule has 1 aliphatic heterocycles. The molecule has 10 heteroatoms. The number of amides is 1. The molecule has 220 valence electrons. The molecule has 1 amide bonds. The topological polar surface area (TPSA) is 123 Å². The first-order chi connectivity index (χ1) is 18.9. The molecular weight excluding hydrogens is 500 g/mol. The predicted octanol–water partition coefficient (Wildman–Crippen LogP) is 4.98. The van der Waals surface area contributed by atoms with Gasteiger partial charge in [0.2, 0.25) is 6.35 Å². The van der Waals surface area contributed by atoms with Crippen molar-refractivity contribution in [1.82, 2.24) is 14.9 Å². The molecule has 10 nitrogen and oxygen atoms in total. The van der Waals surface area contributed by atoms with Gasteiger partial charge in [0, 0.05) is 26.4 Å². The zero-order valence-electron chi connectivity index (χ0n) is 23.9. The average molecular weight is 549 g/mol. The van der Waals surface area contributed by atoms with Gasteiger partial charge in [-0.1, -0.05) is 76.7 Å². The van der Waals surface area contributed by atoms with Crippen LogP contribution in [0, 0.1) is 0 Å². The van der Waals surface area contributed by atoms with Crippen LogP contribution in [-0.2, 0) is 32.2 Å². The second kappa shape index (κ2) is 18.4. The fourth-order valence-electron chi connectivity index (χ4n) is 4.73. The molecule has 0 radical (unpaired) electrons. The highest BCUT2D eigenvalue weighted by atomic mass is 16.5. The van der Waals surface area contributed by atoms with Crippen molar-refractivity contribution in [3.8, 4) is 0 Å². The lowest BCUT2D eigenvalue weighted by Gasteiger charge is -2.29. The Hall–Kier alpha value is -2.88. The molecule has 2 heterocycles. The normalized spacial score (nSPS) is 14.6. The second-order valence-corrected chi connectivity index (χ2v) is 10.2. The van der Waals surface area contributed by atoms with Gasteiger partial charge in [0.05, 0.1) is 7.11 Å². The molecule has 0 spiro atoms. The van der Waals surface area contributed by atoms with Crippen LogP contribution in [0.3, 0.4) is 0 Å². The molecule has 1 aliphatic rings. The largest absolute Gasteiger partial charge is 0.469 e. The maximum atomic E-state index is 12.6. The Bertz CT molecular complexity index is 916.